The second-order valence-electron chi connectivity index (χ2n) is 9.01. The Morgan fingerprint density at radius 2 is 1.74 bits per heavy atom. The number of benzene rings is 1. The Morgan fingerprint density at radius 3 is 2.41 bits per heavy atom. The van der Waals surface area contributed by atoms with Gasteiger partial charge in [-0.1, -0.05) is 0 Å². The van der Waals surface area contributed by atoms with Crippen LogP contribution in [0, 0.1) is 5.21 Å². The molecule has 4 rings (SSSR count). The largest absolute Gasteiger partial charge is 0.733 e. The van der Waals surface area contributed by atoms with Gasteiger partial charge in [0, 0.05) is 6.07 Å². The van der Waals surface area contributed by atoms with E-state index >= 15 is 0 Å². The number of fused-ring (bicyclic) bond motifs is 3. The molecular weight excluding hydrogens is 454 g/mol. The van der Waals surface area contributed by atoms with Crippen molar-refractivity contribution in [3.63, 3.8) is 0 Å². The summed E-state index contributed by atoms with van der Waals surface area (Å²) in [6.45, 7) is 6.46. The van der Waals surface area contributed by atoms with Crippen LogP contribution in [-0.4, -0.2) is 73.0 Å². The molecule has 0 spiro atoms. The van der Waals surface area contributed by atoms with Crippen LogP contribution in [0.4, 0.5) is 11.4 Å². The molecule has 34 heavy (non-hydrogen) atoms. The topological polar surface area (TPSA) is 160 Å². The highest BCUT2D eigenvalue weighted by Gasteiger charge is 2.62. The molecule has 0 unspecified atom stereocenters. The first kappa shape index (κ1) is 24.6. The SMILES string of the molecule is COc1ccc(NC(=O)CNC(=O)[C@@H]2O[C@H]3OC(C)(C)O[C@@H]3[C@@H]3OC(C)(C)O[C@H]32)c(N([O-])O)c1. The van der Waals surface area contributed by atoms with E-state index in [1.807, 2.05) is 0 Å². The van der Waals surface area contributed by atoms with E-state index < -0.39 is 65.9 Å². The number of methoxy groups -OCH3 is 1. The van der Waals surface area contributed by atoms with Gasteiger partial charge in [-0.15, -0.1) is 0 Å². The zero-order chi connectivity index (χ0) is 24.8. The number of carbonyl (C=O) groups excluding carboxylic acids is 2. The highest BCUT2D eigenvalue weighted by molar-refractivity contribution is 5.97. The predicted octanol–water partition coefficient (Wildman–Crippen LogP) is 0.840. The van der Waals surface area contributed by atoms with Gasteiger partial charge in [0.15, 0.2) is 24.0 Å². The van der Waals surface area contributed by atoms with Crippen molar-refractivity contribution in [2.75, 3.05) is 24.2 Å². The van der Waals surface area contributed by atoms with Crippen LogP contribution in [0.3, 0.4) is 0 Å². The van der Waals surface area contributed by atoms with Crippen molar-refractivity contribution in [2.45, 2.75) is 70.0 Å². The molecule has 3 aliphatic heterocycles. The Hall–Kier alpha value is -2.52. The number of carbonyl (C=O) groups is 2. The number of nitrogens with one attached hydrogen (secondary N) is 2. The van der Waals surface area contributed by atoms with E-state index in [1.165, 1.54) is 25.3 Å². The fraction of sp³-hybridized carbons (Fsp3) is 0.619. The van der Waals surface area contributed by atoms with Crippen LogP contribution in [0.1, 0.15) is 27.7 Å². The number of ether oxygens (including phenoxy) is 6. The molecule has 0 aliphatic carbocycles. The maximum absolute atomic E-state index is 13.0. The van der Waals surface area contributed by atoms with E-state index in [1.54, 1.807) is 27.7 Å². The van der Waals surface area contributed by atoms with Gasteiger partial charge < -0.3 is 49.5 Å². The second-order valence-corrected chi connectivity index (χ2v) is 9.01. The van der Waals surface area contributed by atoms with E-state index in [2.05, 4.69) is 10.6 Å². The number of amides is 2. The van der Waals surface area contributed by atoms with E-state index in [0.29, 0.717) is 5.75 Å². The van der Waals surface area contributed by atoms with Crippen LogP contribution in [0.15, 0.2) is 18.2 Å². The van der Waals surface area contributed by atoms with Gasteiger partial charge in [-0.2, -0.15) is 0 Å². The molecule has 2 amide bonds. The van der Waals surface area contributed by atoms with Crippen molar-refractivity contribution < 1.29 is 43.2 Å². The fourth-order valence-corrected chi connectivity index (χ4v) is 4.19. The zero-order valence-electron chi connectivity index (χ0n) is 19.4. The first-order chi connectivity index (χ1) is 15.9. The lowest BCUT2D eigenvalue weighted by Gasteiger charge is -2.36. The molecule has 5 atom stereocenters. The molecule has 3 fully saturated rings. The monoisotopic (exact) mass is 482 g/mol. The molecule has 3 heterocycles. The van der Waals surface area contributed by atoms with Gasteiger partial charge in [0.25, 0.3) is 5.91 Å². The number of anilines is 2. The summed E-state index contributed by atoms with van der Waals surface area (Å²) in [4.78, 5) is 25.4. The van der Waals surface area contributed by atoms with Crippen LogP contribution in [-0.2, 0) is 33.3 Å². The minimum absolute atomic E-state index is 0.0300. The Balaban J connectivity index is 1.41. The fourth-order valence-electron chi connectivity index (χ4n) is 4.19. The summed E-state index contributed by atoms with van der Waals surface area (Å²) in [7, 11) is 1.39. The summed E-state index contributed by atoms with van der Waals surface area (Å²) in [5, 5.41) is 25.3. The Bertz CT molecular complexity index is 953. The smallest absolute Gasteiger partial charge is 0.252 e. The molecular formula is C21H28N3O10-. The highest BCUT2D eigenvalue weighted by atomic mass is 16.9. The predicted molar refractivity (Wildman–Crippen MR) is 115 cm³/mol. The molecule has 3 saturated heterocycles. The summed E-state index contributed by atoms with van der Waals surface area (Å²) in [5.74, 6) is -2.85. The van der Waals surface area contributed by atoms with E-state index in [-0.39, 0.29) is 11.4 Å². The van der Waals surface area contributed by atoms with Crippen molar-refractivity contribution in [1.29, 1.82) is 0 Å². The molecule has 13 nitrogen and oxygen atoms in total. The van der Waals surface area contributed by atoms with Crippen molar-refractivity contribution in [2.24, 2.45) is 0 Å². The van der Waals surface area contributed by atoms with E-state index in [4.69, 9.17) is 28.4 Å². The Morgan fingerprint density at radius 1 is 1.09 bits per heavy atom. The molecule has 3 N–H and O–H groups in total. The summed E-state index contributed by atoms with van der Waals surface area (Å²) < 4.78 is 34.4. The maximum Gasteiger partial charge on any atom is 0.252 e. The average Bonchev–Trinajstić information content (AvgIpc) is 3.25. The van der Waals surface area contributed by atoms with Crippen LogP contribution in [0.25, 0.3) is 0 Å². The van der Waals surface area contributed by atoms with E-state index in [0.717, 1.165) is 0 Å². The molecule has 1 aromatic rings. The second kappa shape index (κ2) is 8.92. The van der Waals surface area contributed by atoms with Crippen LogP contribution < -0.4 is 20.6 Å². The quantitative estimate of drug-likeness (QED) is 0.493. The minimum atomic E-state index is -1.12. The van der Waals surface area contributed by atoms with Gasteiger partial charge in [0.05, 0.1) is 25.0 Å². The first-order valence-electron chi connectivity index (χ1n) is 10.7. The van der Waals surface area contributed by atoms with Crippen molar-refractivity contribution in [1.82, 2.24) is 5.32 Å². The molecule has 0 aromatic heterocycles. The zero-order valence-corrected chi connectivity index (χ0v) is 19.4. The lowest BCUT2D eigenvalue weighted by atomic mass is 9.98. The summed E-state index contributed by atoms with van der Waals surface area (Å²) in [6.07, 6.45) is -3.96. The standard InChI is InChI=1S/C21H28N3O10/c1-20(2)31-14-15(32-20)17-19(34-21(3,4)33-17)30-16(14)18(26)22-9-13(25)23-11-7-6-10(29-5)8-12(11)24(27)28/h6-8,14-17,19,27H,9H2,1-5H3,(H,22,26)(H,23,25)/q-1/t14-,15-,16-,17-,19+/m1/s1. The summed E-state index contributed by atoms with van der Waals surface area (Å²) >= 11 is 0. The van der Waals surface area contributed by atoms with Crippen molar-refractivity contribution in [3.05, 3.63) is 23.4 Å². The van der Waals surface area contributed by atoms with Gasteiger partial charge in [-0.25, -0.2) is 0 Å². The molecule has 0 saturated carbocycles. The van der Waals surface area contributed by atoms with Crippen molar-refractivity contribution in [3.8, 4) is 5.75 Å². The number of rotatable bonds is 6. The Labute approximate surface area is 195 Å². The number of hydrogen-bond acceptors (Lipinski definition) is 11. The molecule has 0 radical (unpaired) electrons. The third kappa shape index (κ3) is 4.95. The maximum atomic E-state index is 13.0. The summed E-state index contributed by atoms with van der Waals surface area (Å²) in [6, 6.07) is 4.13. The highest BCUT2D eigenvalue weighted by Crippen LogP contribution is 2.44. The normalized spacial score (nSPS) is 30.7. The Kier molecular flexibility index (Phi) is 6.46. The van der Waals surface area contributed by atoms with Gasteiger partial charge in [-0.3, -0.25) is 14.8 Å². The number of hydrogen-bond donors (Lipinski definition) is 3. The lowest BCUT2D eigenvalue weighted by Crippen LogP contribution is -2.59. The molecule has 3 aliphatic rings. The van der Waals surface area contributed by atoms with Gasteiger partial charge in [0.2, 0.25) is 5.91 Å². The number of nitrogens with zero attached hydrogens (tertiary/aromatic N) is 1. The van der Waals surface area contributed by atoms with Crippen LogP contribution >= 0.6 is 0 Å². The molecule has 0 bridgehead atoms. The molecule has 188 valence electrons. The average molecular weight is 482 g/mol. The van der Waals surface area contributed by atoms with Gasteiger partial charge in [-0.05, 0) is 39.8 Å². The third-order valence-corrected chi connectivity index (χ3v) is 5.52. The van der Waals surface area contributed by atoms with E-state index in [9.17, 15) is 20.0 Å². The van der Waals surface area contributed by atoms with Crippen molar-refractivity contribution >= 4 is 23.2 Å². The summed E-state index contributed by atoms with van der Waals surface area (Å²) in [5.41, 5.74) is -0.203. The van der Waals surface area contributed by atoms with Crippen LogP contribution in [0.5, 0.6) is 5.75 Å². The van der Waals surface area contributed by atoms with Gasteiger partial charge in [0.1, 0.15) is 24.1 Å². The first-order valence-corrected chi connectivity index (χ1v) is 10.7. The third-order valence-electron chi connectivity index (χ3n) is 5.52. The van der Waals surface area contributed by atoms with Crippen LogP contribution in [0.2, 0.25) is 0 Å². The van der Waals surface area contributed by atoms with Gasteiger partial charge >= 0.3 is 0 Å². The lowest BCUT2D eigenvalue weighted by molar-refractivity contribution is -0.231. The molecule has 13 heteroatoms. The minimum Gasteiger partial charge on any atom is -0.733 e. The molecule has 1 aromatic carbocycles.